The van der Waals surface area contributed by atoms with Crippen LogP contribution in [0, 0.1) is 6.92 Å². The smallest absolute Gasteiger partial charge is 0.325 e. The van der Waals surface area contributed by atoms with Gasteiger partial charge in [0.2, 0.25) is 0 Å². The molecule has 24 heteroatoms. The number of aromatic nitrogens is 8. The van der Waals surface area contributed by atoms with Gasteiger partial charge in [-0.25, -0.2) is 33.7 Å². The summed E-state index contributed by atoms with van der Waals surface area (Å²) in [6, 6.07) is 0. The summed E-state index contributed by atoms with van der Waals surface area (Å²) in [5.41, 5.74) is -0.456. The maximum Gasteiger partial charge on any atom is 0.325 e. The van der Waals surface area contributed by atoms with Crippen LogP contribution in [0.5, 0.6) is 0 Å². The van der Waals surface area contributed by atoms with E-state index >= 15 is 8.78 Å². The van der Waals surface area contributed by atoms with Crippen molar-refractivity contribution in [2.24, 2.45) is 0 Å². The van der Waals surface area contributed by atoms with Gasteiger partial charge in [0, 0.05) is 7.11 Å². The van der Waals surface area contributed by atoms with Crippen LogP contribution < -0.4 is 5.56 Å². The molecule has 6 rings (SSSR count). The molecule has 6 atom stereocenters. The van der Waals surface area contributed by atoms with Gasteiger partial charge in [0.05, 0.1) is 25.7 Å². The van der Waals surface area contributed by atoms with Crippen molar-refractivity contribution in [1.29, 1.82) is 0 Å². The second-order valence-electron chi connectivity index (χ2n) is 10.3. The normalized spacial score (nSPS) is 30.9. The number of nitrogens with zero attached hydrogens (tertiary/aromatic N) is 7. The minimum Gasteiger partial charge on any atom is -0.387 e. The largest absolute Gasteiger partial charge is 0.387 e. The number of hydrogen-bond donors (Lipinski definition) is 4. The quantitative estimate of drug-likeness (QED) is 0.213. The van der Waals surface area contributed by atoms with Crippen molar-refractivity contribution in [3.05, 3.63) is 40.4 Å². The first-order valence-corrected chi connectivity index (χ1v) is 18.5. The first-order valence-electron chi connectivity index (χ1n) is 13.3. The van der Waals surface area contributed by atoms with Gasteiger partial charge >= 0.3 is 13.4 Å². The maximum absolute atomic E-state index is 15.3. The lowest BCUT2D eigenvalue weighted by Gasteiger charge is -2.26. The van der Waals surface area contributed by atoms with Crippen LogP contribution in [-0.2, 0) is 70.9 Å². The lowest BCUT2D eigenvalue weighted by molar-refractivity contribution is -0.0657. The number of alkyl halides is 2. The fourth-order valence-corrected chi connectivity index (χ4v) is 7.31. The molecule has 18 nitrogen and oxygen atoms in total. The minimum atomic E-state index is -4.32. The van der Waals surface area contributed by atoms with Gasteiger partial charge in [-0.1, -0.05) is 0 Å². The predicted octanol–water partition coefficient (Wildman–Crippen LogP) is 0.690. The highest BCUT2D eigenvalue weighted by atomic mass is 32.5. The molecule has 2 aliphatic heterocycles. The van der Waals surface area contributed by atoms with Crippen molar-refractivity contribution in [3.63, 3.8) is 0 Å². The number of nitrogens with one attached hydrogen (secondary N) is 1. The van der Waals surface area contributed by atoms with Crippen LogP contribution in [0.15, 0.2) is 17.3 Å². The number of rotatable bonds is 3. The molecule has 1 fully saturated rings. The van der Waals surface area contributed by atoms with Crippen LogP contribution >= 0.6 is 13.4 Å². The number of aliphatic hydroxyl groups excluding tert-OH is 1. The molecular formula is C22H26F2N8O10P2S2. The molecular weight excluding hydrogens is 700 g/mol. The van der Waals surface area contributed by atoms with E-state index in [-0.39, 0.29) is 46.4 Å². The third-order valence-electron chi connectivity index (χ3n) is 6.87. The zero-order valence-corrected chi connectivity index (χ0v) is 27.2. The standard InChI is InChI=1S/C22H26F2N8O10P2S2/c1-10-27-19-15(20(34)28-10)26-9-32(19)21-17-16(33)12(41-21)4-38-43(35,45)40-8-22(23,24)7-31-14(6-39-44(36,46)42-17)29-11-3-25-13(5-37-2)30-18(11)31/h3,9,12,16-17,21,33H,4-8H2,1-2H3,(H,35,45)(H,36,46)(H,27,28,34)/t12-,16-,17-,21-,43?,44?/m1/s1. The van der Waals surface area contributed by atoms with E-state index in [4.69, 9.17) is 51.2 Å². The van der Waals surface area contributed by atoms with E-state index in [0.29, 0.717) is 0 Å². The Labute approximate surface area is 267 Å². The van der Waals surface area contributed by atoms with Gasteiger partial charge in [-0.15, -0.1) is 0 Å². The number of aliphatic hydroxyl groups is 1. The van der Waals surface area contributed by atoms with Crippen LogP contribution in [0.25, 0.3) is 22.3 Å². The number of methoxy groups -OCH3 is 1. The third-order valence-corrected chi connectivity index (χ3v) is 9.97. The Morgan fingerprint density at radius 3 is 2.70 bits per heavy atom. The fourth-order valence-electron chi connectivity index (χ4n) is 4.87. The molecule has 4 N–H and O–H groups in total. The molecule has 1 saturated heterocycles. The zero-order chi connectivity index (χ0) is 33.0. The van der Waals surface area contributed by atoms with Gasteiger partial charge < -0.3 is 47.5 Å². The third kappa shape index (κ3) is 6.95. The number of fused-ring (bicyclic) bond motifs is 6. The fraction of sp³-hybridized carbons (Fsp3) is 0.545. The van der Waals surface area contributed by atoms with Gasteiger partial charge in [-0.2, -0.15) is 0 Å². The number of halogens is 2. The van der Waals surface area contributed by atoms with E-state index in [2.05, 4.69) is 29.9 Å². The molecule has 0 spiro atoms. The maximum atomic E-state index is 15.3. The molecule has 0 aliphatic carbocycles. The van der Waals surface area contributed by atoms with Crippen molar-refractivity contribution < 1.29 is 51.2 Å². The average molecular weight is 727 g/mol. The molecule has 2 aliphatic rings. The topological polar surface area (TPSA) is 223 Å². The molecule has 0 saturated carbocycles. The second-order valence-corrected chi connectivity index (χ2v) is 15.9. The van der Waals surface area contributed by atoms with E-state index in [1.807, 2.05) is 0 Å². The Balaban J connectivity index is 1.40. The highest BCUT2D eigenvalue weighted by molar-refractivity contribution is 8.07. The van der Waals surface area contributed by atoms with Crippen molar-refractivity contribution in [1.82, 2.24) is 39.0 Å². The number of aryl methyl sites for hydroxylation is 1. The second kappa shape index (κ2) is 12.6. The average Bonchev–Trinajstić information content (AvgIpc) is 3.63. The van der Waals surface area contributed by atoms with Crippen molar-refractivity contribution in [2.45, 2.75) is 57.1 Å². The number of H-pyrrole nitrogens is 1. The highest BCUT2D eigenvalue weighted by Crippen LogP contribution is 2.51. The molecule has 4 aromatic heterocycles. The molecule has 2 unspecified atom stereocenters. The van der Waals surface area contributed by atoms with E-state index in [1.54, 1.807) is 0 Å². The van der Waals surface area contributed by atoms with Crippen LogP contribution in [0.4, 0.5) is 8.78 Å². The van der Waals surface area contributed by atoms with Crippen molar-refractivity contribution in [2.75, 3.05) is 20.3 Å². The zero-order valence-electron chi connectivity index (χ0n) is 23.8. The molecule has 0 aromatic carbocycles. The highest BCUT2D eigenvalue weighted by Gasteiger charge is 2.49. The SMILES string of the molecule is COCc1ncc2nc3n(c2n1)CC(F)(F)COP(O)(=S)OC[C@H]1O[C@@H](n2cnc4c(=O)[nH]c(C)nc42)[C@H](OP(O)(=S)OC3)[C@@H]1O. The Bertz CT molecular complexity index is 1950. The summed E-state index contributed by atoms with van der Waals surface area (Å²) in [5, 5.41) is 11.2. The minimum absolute atomic E-state index is 0.0134. The van der Waals surface area contributed by atoms with Crippen molar-refractivity contribution >= 4 is 59.4 Å². The van der Waals surface area contributed by atoms with Crippen LogP contribution in [0.1, 0.15) is 23.7 Å². The van der Waals surface area contributed by atoms with Crippen molar-refractivity contribution in [3.8, 4) is 0 Å². The van der Waals surface area contributed by atoms with E-state index in [0.717, 1.165) is 4.57 Å². The van der Waals surface area contributed by atoms with Gasteiger partial charge in [0.1, 0.15) is 55.3 Å². The number of imidazole rings is 2. The number of hydrogen-bond acceptors (Lipinski definition) is 15. The summed E-state index contributed by atoms with van der Waals surface area (Å²) < 4.78 is 65.4. The monoisotopic (exact) mass is 726 g/mol. The summed E-state index contributed by atoms with van der Waals surface area (Å²) in [4.78, 5) is 57.7. The molecule has 46 heavy (non-hydrogen) atoms. The van der Waals surface area contributed by atoms with Gasteiger partial charge in [0.15, 0.2) is 28.9 Å². The lowest BCUT2D eigenvalue weighted by Crippen LogP contribution is -2.36. The molecule has 0 radical (unpaired) electrons. The summed E-state index contributed by atoms with van der Waals surface area (Å²) in [6.45, 7) is -10.8. The van der Waals surface area contributed by atoms with E-state index < -0.39 is 75.8 Å². The molecule has 250 valence electrons. The lowest BCUT2D eigenvalue weighted by atomic mass is 10.1. The number of ether oxygens (including phenoxy) is 2. The Morgan fingerprint density at radius 2 is 1.93 bits per heavy atom. The molecule has 0 amide bonds. The van der Waals surface area contributed by atoms with E-state index in [1.165, 1.54) is 31.1 Å². The van der Waals surface area contributed by atoms with Crippen LogP contribution in [-0.4, -0.2) is 98.5 Å². The first-order chi connectivity index (χ1) is 21.7. The Kier molecular flexibility index (Phi) is 9.22. The van der Waals surface area contributed by atoms with Gasteiger partial charge in [0.25, 0.3) is 11.5 Å². The summed E-state index contributed by atoms with van der Waals surface area (Å²) in [6.07, 6.45) is -3.28. The molecule has 6 heterocycles. The first kappa shape index (κ1) is 33.6. The van der Waals surface area contributed by atoms with Gasteiger partial charge in [-0.3, -0.25) is 13.9 Å². The Hall–Kier alpha value is -2.30. The summed E-state index contributed by atoms with van der Waals surface area (Å²) in [5.74, 6) is -3.39. The van der Waals surface area contributed by atoms with Crippen LogP contribution in [0.2, 0.25) is 0 Å². The molecule has 4 aromatic rings. The summed E-state index contributed by atoms with van der Waals surface area (Å²) >= 11 is 10.2. The molecule has 2 bridgehead atoms. The van der Waals surface area contributed by atoms with E-state index in [9.17, 15) is 19.7 Å². The Morgan fingerprint density at radius 1 is 1.15 bits per heavy atom. The van der Waals surface area contributed by atoms with Crippen LogP contribution in [0.3, 0.4) is 0 Å². The number of aromatic amines is 1. The predicted molar refractivity (Wildman–Crippen MR) is 158 cm³/mol. The van der Waals surface area contributed by atoms with Gasteiger partial charge in [-0.05, 0) is 30.5 Å². The summed E-state index contributed by atoms with van der Waals surface area (Å²) in [7, 11) is 1.41.